The van der Waals surface area contributed by atoms with Crippen molar-refractivity contribution in [1.29, 1.82) is 0 Å². The molecule has 0 fully saturated rings. The minimum Gasteiger partial charge on any atom is -0.306 e. The van der Waals surface area contributed by atoms with Crippen LogP contribution in [-0.2, 0) is 13.0 Å². The summed E-state index contributed by atoms with van der Waals surface area (Å²) in [6.45, 7) is 5.25. The van der Waals surface area contributed by atoms with Crippen molar-refractivity contribution in [3.63, 3.8) is 0 Å². The van der Waals surface area contributed by atoms with Crippen LogP contribution in [0.2, 0.25) is 5.02 Å². The Bertz CT molecular complexity index is 536. The summed E-state index contributed by atoms with van der Waals surface area (Å²) in [5.74, 6) is 0. The van der Waals surface area contributed by atoms with Crippen LogP contribution >= 0.6 is 11.6 Å². The summed E-state index contributed by atoms with van der Waals surface area (Å²) in [5, 5.41) is 4.35. The lowest BCUT2D eigenvalue weighted by Crippen LogP contribution is -2.18. The summed E-state index contributed by atoms with van der Waals surface area (Å²) in [5.41, 5.74) is 4.01. The molecule has 0 aliphatic rings. The standard InChI is InChI=1S/C17H20ClN/c1-3-14-7-4-5-8-16(14)12-19-13(2)15-9-6-10-17(18)11-15/h4-11,13,19H,3,12H2,1-2H3/t13-/m0/s1. The van der Waals surface area contributed by atoms with E-state index in [-0.39, 0.29) is 0 Å². The van der Waals surface area contributed by atoms with Gasteiger partial charge < -0.3 is 5.32 Å². The molecule has 2 aromatic rings. The minimum atomic E-state index is 0.295. The van der Waals surface area contributed by atoms with Gasteiger partial charge in [0.15, 0.2) is 0 Å². The van der Waals surface area contributed by atoms with Crippen LogP contribution in [0.15, 0.2) is 48.5 Å². The van der Waals surface area contributed by atoms with Crippen molar-refractivity contribution in [2.75, 3.05) is 0 Å². The Hall–Kier alpha value is -1.31. The molecule has 1 atom stereocenters. The van der Waals surface area contributed by atoms with Gasteiger partial charge in [0.05, 0.1) is 0 Å². The predicted molar refractivity (Wildman–Crippen MR) is 82.5 cm³/mol. The van der Waals surface area contributed by atoms with Crippen LogP contribution < -0.4 is 5.32 Å². The average Bonchev–Trinajstić information content (AvgIpc) is 2.45. The number of benzene rings is 2. The second kappa shape index (κ2) is 6.74. The van der Waals surface area contributed by atoms with E-state index in [1.54, 1.807) is 0 Å². The molecule has 0 aromatic heterocycles. The molecule has 0 aliphatic carbocycles. The van der Waals surface area contributed by atoms with Crippen molar-refractivity contribution in [2.45, 2.75) is 32.9 Å². The van der Waals surface area contributed by atoms with Gasteiger partial charge in [-0.25, -0.2) is 0 Å². The normalized spacial score (nSPS) is 12.4. The summed E-state index contributed by atoms with van der Waals surface area (Å²) >= 11 is 6.03. The van der Waals surface area contributed by atoms with Gasteiger partial charge in [-0.05, 0) is 42.2 Å². The second-order valence-corrected chi connectivity index (χ2v) is 5.22. The quantitative estimate of drug-likeness (QED) is 0.829. The lowest BCUT2D eigenvalue weighted by Gasteiger charge is -2.16. The van der Waals surface area contributed by atoms with Crippen LogP contribution in [0.3, 0.4) is 0 Å². The van der Waals surface area contributed by atoms with Crippen molar-refractivity contribution < 1.29 is 0 Å². The Morgan fingerprint density at radius 2 is 1.79 bits per heavy atom. The van der Waals surface area contributed by atoms with Crippen LogP contribution in [0, 0.1) is 0 Å². The molecular formula is C17H20ClN. The van der Waals surface area contributed by atoms with Crippen LogP contribution in [0.1, 0.15) is 36.6 Å². The summed E-state index contributed by atoms with van der Waals surface area (Å²) in [6, 6.07) is 16.9. The van der Waals surface area contributed by atoms with Crippen molar-refractivity contribution in [2.24, 2.45) is 0 Å². The molecule has 0 saturated carbocycles. The number of aryl methyl sites for hydroxylation is 1. The SMILES string of the molecule is CCc1ccccc1CN[C@@H](C)c1cccc(Cl)c1. The minimum absolute atomic E-state index is 0.295. The number of halogens is 1. The van der Waals surface area contributed by atoms with E-state index in [1.165, 1.54) is 16.7 Å². The molecule has 2 rings (SSSR count). The smallest absolute Gasteiger partial charge is 0.0409 e. The molecule has 19 heavy (non-hydrogen) atoms. The van der Waals surface area contributed by atoms with E-state index < -0.39 is 0 Å². The molecule has 2 aromatic carbocycles. The van der Waals surface area contributed by atoms with Gasteiger partial charge in [-0.2, -0.15) is 0 Å². The van der Waals surface area contributed by atoms with E-state index in [9.17, 15) is 0 Å². The lowest BCUT2D eigenvalue weighted by atomic mass is 10.0. The molecule has 100 valence electrons. The first kappa shape index (κ1) is 14.1. The van der Waals surface area contributed by atoms with Crippen LogP contribution in [0.5, 0.6) is 0 Å². The fourth-order valence-corrected chi connectivity index (χ4v) is 2.43. The molecule has 0 amide bonds. The van der Waals surface area contributed by atoms with Gasteiger partial charge >= 0.3 is 0 Å². The summed E-state index contributed by atoms with van der Waals surface area (Å²) in [4.78, 5) is 0. The highest BCUT2D eigenvalue weighted by Gasteiger charge is 2.06. The number of nitrogens with one attached hydrogen (secondary N) is 1. The zero-order valence-corrected chi connectivity index (χ0v) is 12.2. The third-order valence-corrected chi connectivity index (χ3v) is 3.68. The molecule has 0 spiro atoms. The summed E-state index contributed by atoms with van der Waals surface area (Å²) < 4.78 is 0. The van der Waals surface area contributed by atoms with E-state index in [0.717, 1.165) is 18.0 Å². The highest BCUT2D eigenvalue weighted by atomic mass is 35.5. The van der Waals surface area contributed by atoms with Gasteiger partial charge in [-0.3, -0.25) is 0 Å². The Labute approximate surface area is 120 Å². The molecular weight excluding hydrogens is 254 g/mol. The number of hydrogen-bond acceptors (Lipinski definition) is 1. The van der Waals surface area contributed by atoms with E-state index in [4.69, 9.17) is 11.6 Å². The van der Waals surface area contributed by atoms with E-state index >= 15 is 0 Å². The Morgan fingerprint density at radius 1 is 1.05 bits per heavy atom. The zero-order valence-electron chi connectivity index (χ0n) is 11.5. The van der Waals surface area contributed by atoms with Gasteiger partial charge in [0.25, 0.3) is 0 Å². The van der Waals surface area contributed by atoms with Crippen molar-refractivity contribution in [3.8, 4) is 0 Å². The first-order chi connectivity index (χ1) is 9.20. The van der Waals surface area contributed by atoms with Gasteiger partial charge in [0.2, 0.25) is 0 Å². The molecule has 0 aliphatic heterocycles. The van der Waals surface area contributed by atoms with Gasteiger partial charge in [0, 0.05) is 17.6 Å². The Kier molecular flexibility index (Phi) is 5.00. The maximum Gasteiger partial charge on any atom is 0.0409 e. The summed E-state index contributed by atoms with van der Waals surface area (Å²) in [7, 11) is 0. The third-order valence-electron chi connectivity index (χ3n) is 3.45. The highest BCUT2D eigenvalue weighted by Crippen LogP contribution is 2.18. The van der Waals surface area contributed by atoms with E-state index in [1.807, 2.05) is 18.2 Å². The van der Waals surface area contributed by atoms with Gasteiger partial charge in [0.1, 0.15) is 0 Å². The topological polar surface area (TPSA) is 12.0 Å². The Morgan fingerprint density at radius 3 is 2.47 bits per heavy atom. The number of hydrogen-bond donors (Lipinski definition) is 1. The fraction of sp³-hybridized carbons (Fsp3) is 0.294. The third kappa shape index (κ3) is 3.82. The van der Waals surface area contributed by atoms with E-state index in [0.29, 0.717) is 6.04 Å². The van der Waals surface area contributed by atoms with E-state index in [2.05, 4.69) is 49.5 Å². The van der Waals surface area contributed by atoms with Crippen molar-refractivity contribution in [3.05, 3.63) is 70.2 Å². The molecule has 0 unspecified atom stereocenters. The number of rotatable bonds is 5. The molecule has 0 bridgehead atoms. The Balaban J connectivity index is 2.02. The molecule has 2 heteroatoms. The maximum absolute atomic E-state index is 6.03. The molecule has 0 saturated heterocycles. The maximum atomic E-state index is 6.03. The van der Waals surface area contributed by atoms with Crippen LogP contribution in [-0.4, -0.2) is 0 Å². The molecule has 0 heterocycles. The molecule has 1 N–H and O–H groups in total. The largest absolute Gasteiger partial charge is 0.306 e. The predicted octanol–water partition coefficient (Wildman–Crippen LogP) is 4.75. The first-order valence-electron chi connectivity index (χ1n) is 6.76. The monoisotopic (exact) mass is 273 g/mol. The highest BCUT2D eigenvalue weighted by molar-refractivity contribution is 6.30. The fourth-order valence-electron chi connectivity index (χ4n) is 2.23. The first-order valence-corrected chi connectivity index (χ1v) is 7.14. The van der Waals surface area contributed by atoms with Gasteiger partial charge in [-0.1, -0.05) is 54.9 Å². The van der Waals surface area contributed by atoms with Crippen LogP contribution in [0.25, 0.3) is 0 Å². The average molecular weight is 274 g/mol. The lowest BCUT2D eigenvalue weighted by molar-refractivity contribution is 0.572. The molecule has 1 nitrogen and oxygen atoms in total. The van der Waals surface area contributed by atoms with Crippen LogP contribution in [0.4, 0.5) is 0 Å². The summed E-state index contributed by atoms with van der Waals surface area (Å²) in [6.07, 6.45) is 1.07. The zero-order chi connectivity index (χ0) is 13.7. The second-order valence-electron chi connectivity index (χ2n) is 4.78. The molecule has 0 radical (unpaired) electrons. The van der Waals surface area contributed by atoms with Gasteiger partial charge in [-0.15, -0.1) is 0 Å². The van der Waals surface area contributed by atoms with Crippen molar-refractivity contribution in [1.82, 2.24) is 5.32 Å². The van der Waals surface area contributed by atoms with Crippen molar-refractivity contribution >= 4 is 11.6 Å².